The Labute approximate surface area is 133 Å². The fourth-order valence-corrected chi connectivity index (χ4v) is 4.67. The number of hydrogen-bond acceptors (Lipinski definition) is 2. The molecule has 1 aromatic rings. The molecule has 0 amide bonds. The summed E-state index contributed by atoms with van der Waals surface area (Å²) in [6, 6.07) is 6.38. The highest BCUT2D eigenvalue weighted by molar-refractivity contribution is 5.62. The van der Waals surface area contributed by atoms with Gasteiger partial charge in [0.25, 0.3) is 0 Å². The summed E-state index contributed by atoms with van der Waals surface area (Å²) in [6.07, 6.45) is 7.89. The number of aliphatic hydroxyl groups excluding tert-OH is 1. The van der Waals surface area contributed by atoms with Crippen LogP contribution in [0.5, 0.6) is 0 Å². The van der Waals surface area contributed by atoms with Crippen molar-refractivity contribution in [2.45, 2.75) is 58.0 Å². The molecule has 2 aliphatic rings. The number of allylic oxidation sites excluding steroid dienone is 1. The number of aliphatic hydroxyl groups is 2. The van der Waals surface area contributed by atoms with Gasteiger partial charge in [-0.3, -0.25) is 0 Å². The molecule has 2 aliphatic carbocycles. The minimum absolute atomic E-state index is 0.0316. The van der Waals surface area contributed by atoms with Crippen molar-refractivity contribution in [3.63, 3.8) is 0 Å². The molecule has 0 radical (unpaired) electrons. The first-order chi connectivity index (χ1) is 10.2. The highest BCUT2D eigenvalue weighted by Gasteiger charge is 2.50. The summed E-state index contributed by atoms with van der Waals surface area (Å²) in [6.45, 7) is 8.46. The van der Waals surface area contributed by atoms with Crippen LogP contribution in [0.3, 0.4) is 0 Å². The smallest absolute Gasteiger partial charge is 0.0840 e. The highest BCUT2D eigenvalue weighted by Crippen LogP contribution is 2.55. The molecule has 0 bridgehead atoms. The Balaban J connectivity index is 2.10. The predicted octanol–water partition coefficient (Wildman–Crippen LogP) is 4.00. The second-order valence-electron chi connectivity index (χ2n) is 8.28. The van der Waals surface area contributed by atoms with Crippen molar-refractivity contribution >= 4 is 6.08 Å². The van der Waals surface area contributed by atoms with Crippen LogP contribution in [0.2, 0.25) is 0 Å². The van der Waals surface area contributed by atoms with Crippen LogP contribution in [0.25, 0.3) is 6.08 Å². The molecule has 0 spiro atoms. The van der Waals surface area contributed by atoms with Gasteiger partial charge < -0.3 is 10.2 Å². The third-order valence-electron chi connectivity index (χ3n) is 6.08. The van der Waals surface area contributed by atoms with E-state index in [4.69, 9.17) is 0 Å². The van der Waals surface area contributed by atoms with Crippen molar-refractivity contribution in [3.05, 3.63) is 41.0 Å². The van der Waals surface area contributed by atoms with Crippen molar-refractivity contribution in [3.8, 4) is 0 Å². The Morgan fingerprint density at radius 2 is 1.95 bits per heavy atom. The zero-order valence-electron chi connectivity index (χ0n) is 14.2. The van der Waals surface area contributed by atoms with E-state index >= 15 is 0 Å². The molecule has 0 heterocycles. The van der Waals surface area contributed by atoms with Crippen molar-refractivity contribution in [1.29, 1.82) is 0 Å². The Bertz CT molecular complexity index is 611. The van der Waals surface area contributed by atoms with Gasteiger partial charge >= 0.3 is 0 Å². The van der Waals surface area contributed by atoms with Gasteiger partial charge in [-0.1, -0.05) is 44.6 Å². The molecule has 2 N–H and O–H groups in total. The van der Waals surface area contributed by atoms with Crippen LogP contribution in [0, 0.1) is 11.3 Å². The first-order valence-electron chi connectivity index (χ1n) is 8.37. The Morgan fingerprint density at radius 1 is 1.23 bits per heavy atom. The minimum Gasteiger partial charge on any atom is -0.396 e. The fraction of sp³-hybridized carbons (Fsp3) is 0.600. The number of fused-ring (bicyclic) bond motifs is 3. The molecule has 0 saturated heterocycles. The third-order valence-corrected chi connectivity index (χ3v) is 6.08. The summed E-state index contributed by atoms with van der Waals surface area (Å²) in [5, 5.41) is 20.2. The molecule has 0 aromatic heterocycles. The van der Waals surface area contributed by atoms with E-state index in [1.807, 2.05) is 13.8 Å². The van der Waals surface area contributed by atoms with Crippen molar-refractivity contribution in [2.24, 2.45) is 11.3 Å². The Morgan fingerprint density at radius 3 is 2.59 bits per heavy atom. The first-order valence-corrected chi connectivity index (χ1v) is 8.37. The maximum atomic E-state index is 10.3. The van der Waals surface area contributed by atoms with E-state index in [2.05, 4.69) is 44.2 Å². The summed E-state index contributed by atoms with van der Waals surface area (Å²) in [5.74, 6) is 0.374. The number of rotatable bonds is 2. The predicted molar refractivity (Wildman–Crippen MR) is 90.6 cm³/mol. The van der Waals surface area contributed by atoms with Crippen LogP contribution < -0.4 is 0 Å². The van der Waals surface area contributed by atoms with E-state index in [1.54, 1.807) is 0 Å². The van der Waals surface area contributed by atoms with E-state index in [0.717, 1.165) is 24.8 Å². The summed E-state index contributed by atoms with van der Waals surface area (Å²) >= 11 is 0. The van der Waals surface area contributed by atoms with E-state index in [-0.39, 0.29) is 17.4 Å². The zero-order chi connectivity index (χ0) is 16.2. The lowest BCUT2D eigenvalue weighted by atomic mass is 9.52. The molecular formula is C20H28O2. The van der Waals surface area contributed by atoms with E-state index in [1.165, 1.54) is 11.1 Å². The summed E-state index contributed by atoms with van der Waals surface area (Å²) in [5.41, 5.74) is 2.78. The average molecular weight is 300 g/mol. The van der Waals surface area contributed by atoms with Gasteiger partial charge in [-0.2, -0.15) is 0 Å². The fourth-order valence-electron chi connectivity index (χ4n) is 4.67. The van der Waals surface area contributed by atoms with Gasteiger partial charge in [0.2, 0.25) is 0 Å². The van der Waals surface area contributed by atoms with Crippen molar-refractivity contribution in [2.75, 3.05) is 6.61 Å². The van der Waals surface area contributed by atoms with Crippen LogP contribution in [-0.2, 0) is 11.0 Å². The average Bonchev–Trinajstić information content (AvgIpc) is 2.45. The first kappa shape index (κ1) is 15.8. The molecular weight excluding hydrogens is 272 g/mol. The number of hydrogen-bond donors (Lipinski definition) is 2. The van der Waals surface area contributed by atoms with Crippen LogP contribution in [0.4, 0.5) is 0 Å². The maximum Gasteiger partial charge on any atom is 0.0840 e. The van der Waals surface area contributed by atoms with E-state index in [9.17, 15) is 10.2 Å². The van der Waals surface area contributed by atoms with Gasteiger partial charge in [0.1, 0.15) is 0 Å². The van der Waals surface area contributed by atoms with Gasteiger partial charge in [-0.25, -0.2) is 0 Å². The van der Waals surface area contributed by atoms with Gasteiger partial charge in [-0.15, -0.1) is 0 Å². The molecule has 1 fully saturated rings. The molecule has 0 unspecified atom stereocenters. The lowest BCUT2D eigenvalue weighted by molar-refractivity contribution is 0.0170. The second kappa shape index (κ2) is 4.94. The van der Waals surface area contributed by atoms with E-state index in [0.29, 0.717) is 5.92 Å². The molecule has 1 saturated carbocycles. The monoisotopic (exact) mass is 300 g/mol. The highest BCUT2D eigenvalue weighted by atomic mass is 16.3. The second-order valence-corrected chi connectivity index (χ2v) is 8.28. The topological polar surface area (TPSA) is 40.5 Å². The standard InChI is InChI=1S/C20H28O2/c1-18(2,22)15-7-8-16-14(12-15)6-9-17-19(3,13-21)10-5-11-20(16,17)4/h6-9,12,17,21-22H,5,10-11,13H2,1-4H3/t17-,19-,20+/m0/s1. The maximum absolute atomic E-state index is 10.3. The van der Waals surface area contributed by atoms with Crippen LogP contribution in [0.15, 0.2) is 24.3 Å². The van der Waals surface area contributed by atoms with E-state index < -0.39 is 5.60 Å². The molecule has 1 aromatic carbocycles. The minimum atomic E-state index is -0.813. The van der Waals surface area contributed by atoms with Crippen LogP contribution in [-0.4, -0.2) is 16.8 Å². The zero-order valence-corrected chi connectivity index (χ0v) is 14.2. The molecule has 22 heavy (non-hydrogen) atoms. The summed E-state index contributed by atoms with van der Waals surface area (Å²) < 4.78 is 0. The van der Waals surface area contributed by atoms with Crippen molar-refractivity contribution in [1.82, 2.24) is 0 Å². The molecule has 0 aliphatic heterocycles. The largest absolute Gasteiger partial charge is 0.396 e. The summed E-state index contributed by atoms with van der Waals surface area (Å²) in [4.78, 5) is 0. The van der Waals surface area contributed by atoms with Gasteiger partial charge in [-0.05, 0) is 66.2 Å². The number of benzene rings is 1. The van der Waals surface area contributed by atoms with Gasteiger partial charge in [0.15, 0.2) is 0 Å². The lowest BCUT2D eigenvalue weighted by Gasteiger charge is -2.53. The summed E-state index contributed by atoms with van der Waals surface area (Å²) in [7, 11) is 0. The van der Waals surface area contributed by atoms with Crippen molar-refractivity contribution < 1.29 is 10.2 Å². The van der Waals surface area contributed by atoms with Gasteiger partial charge in [0, 0.05) is 6.61 Å². The third kappa shape index (κ3) is 2.24. The Kier molecular flexibility index (Phi) is 3.54. The quantitative estimate of drug-likeness (QED) is 0.867. The SMILES string of the molecule is CC(C)(O)c1ccc2c(c1)C=C[C@H]1[C@](C)(CO)CCC[C@]21C. The van der Waals surface area contributed by atoms with Crippen LogP contribution in [0.1, 0.15) is 63.6 Å². The molecule has 2 heteroatoms. The van der Waals surface area contributed by atoms with Crippen LogP contribution >= 0.6 is 0 Å². The Hall–Kier alpha value is -1.12. The molecule has 3 rings (SSSR count). The lowest BCUT2D eigenvalue weighted by Crippen LogP contribution is -2.48. The normalized spacial score (nSPS) is 34.2. The molecule has 120 valence electrons. The van der Waals surface area contributed by atoms with Gasteiger partial charge in [0.05, 0.1) is 5.60 Å². The molecule has 2 nitrogen and oxygen atoms in total. The molecule has 3 atom stereocenters.